The maximum Gasteiger partial charge on any atom is 0.255 e. The van der Waals surface area contributed by atoms with Gasteiger partial charge in [0.25, 0.3) is 11.8 Å². The molecule has 5 aromatic rings. The molecule has 3 N–H and O–H groups in total. The van der Waals surface area contributed by atoms with Crippen LogP contribution in [0.3, 0.4) is 0 Å². The third-order valence-electron chi connectivity index (χ3n) is 13.8. The van der Waals surface area contributed by atoms with Crippen LogP contribution in [-0.2, 0) is 20.9 Å². The average molecular weight is 927 g/mol. The number of likely N-dealkylation sites (tertiary alicyclic amines) is 1. The van der Waals surface area contributed by atoms with E-state index in [0.29, 0.717) is 79.8 Å². The van der Waals surface area contributed by atoms with Crippen LogP contribution in [0.15, 0.2) is 73.2 Å². The number of nitriles is 1. The average Bonchev–Trinajstić information content (AvgIpc) is 3.92. The lowest BCUT2D eigenvalue weighted by molar-refractivity contribution is -0.137. The molecule has 1 atom stereocenters. The molecule has 5 amide bonds. The third kappa shape index (κ3) is 9.35. The summed E-state index contributed by atoms with van der Waals surface area (Å²) in [6.07, 6.45) is 9.17. The fourth-order valence-corrected chi connectivity index (χ4v) is 10.0. The van der Waals surface area contributed by atoms with Gasteiger partial charge in [-0.2, -0.15) is 10.4 Å². The van der Waals surface area contributed by atoms with Gasteiger partial charge in [0.15, 0.2) is 0 Å². The zero-order valence-electron chi connectivity index (χ0n) is 37.7. The second-order valence-electron chi connectivity index (χ2n) is 17.9. The molecule has 7 heterocycles. The zero-order valence-corrected chi connectivity index (χ0v) is 37.7. The quantitative estimate of drug-likeness (QED) is 0.0973. The number of hydrogen-bond acceptors (Lipinski definition) is 11. The van der Waals surface area contributed by atoms with Gasteiger partial charge >= 0.3 is 0 Å². The Bertz CT molecular complexity index is 2810. The predicted molar refractivity (Wildman–Crippen MR) is 245 cm³/mol. The summed E-state index contributed by atoms with van der Waals surface area (Å²) < 4.78 is 36.4. The monoisotopic (exact) mass is 926 g/mol. The summed E-state index contributed by atoms with van der Waals surface area (Å²) in [6.45, 7) is 6.29. The standard InChI is InChI=1S/C50H52F2N10O6/c1-2-68-37-25-38(45-35(26-53)28-56-62(45)30-37)33-7-11-43(55-27-33)60-21-15-50(16-22-60,58-46(64)40-24-36(51)8-9-41(40)52)49(67)54-17-3-4-18-59-19-13-31(14-20-59)32-5-6-34-29-61(48(66)39(34)23-32)42-10-12-44(63)57-47(42)65/h5-9,11,23-25,27-28,30-31,42H,2-4,10,12-22,29H2,1H3,(H,54,67)(H,58,64)(H,57,63,65). The number of carbonyl (C=O) groups excluding carboxylic acids is 5. The molecule has 68 heavy (non-hydrogen) atoms. The minimum atomic E-state index is -1.40. The number of fused-ring (bicyclic) bond motifs is 2. The van der Waals surface area contributed by atoms with Crippen molar-refractivity contribution in [1.29, 1.82) is 5.26 Å². The van der Waals surface area contributed by atoms with Crippen LogP contribution in [0, 0.1) is 23.0 Å². The largest absolute Gasteiger partial charge is 0.492 e. The van der Waals surface area contributed by atoms with E-state index in [0.717, 1.165) is 79.3 Å². The number of unbranched alkanes of at least 4 members (excludes halogenated alkanes) is 1. The first-order valence-electron chi connectivity index (χ1n) is 23.2. The van der Waals surface area contributed by atoms with Gasteiger partial charge < -0.3 is 30.1 Å². The van der Waals surface area contributed by atoms with Crippen molar-refractivity contribution in [2.45, 2.75) is 82.3 Å². The first-order chi connectivity index (χ1) is 32.9. The van der Waals surface area contributed by atoms with Crippen molar-refractivity contribution in [3.8, 4) is 22.9 Å². The second-order valence-corrected chi connectivity index (χ2v) is 17.9. The Labute approximate surface area is 391 Å². The number of nitrogens with zero attached hydrogens (tertiary/aromatic N) is 7. The number of aromatic nitrogens is 3. The van der Waals surface area contributed by atoms with Crippen molar-refractivity contribution in [3.63, 3.8) is 0 Å². The number of rotatable bonds is 14. The summed E-state index contributed by atoms with van der Waals surface area (Å²) in [5.74, 6) is -2.33. The number of amides is 5. The number of imide groups is 1. The summed E-state index contributed by atoms with van der Waals surface area (Å²) in [5, 5.41) is 22.3. The van der Waals surface area contributed by atoms with E-state index in [1.54, 1.807) is 21.8 Å². The van der Waals surface area contributed by atoms with Crippen molar-refractivity contribution in [2.75, 3.05) is 50.8 Å². The van der Waals surface area contributed by atoms with E-state index in [2.05, 4.69) is 38.1 Å². The van der Waals surface area contributed by atoms with Gasteiger partial charge in [-0.25, -0.2) is 18.3 Å². The van der Waals surface area contributed by atoms with Gasteiger partial charge in [0, 0.05) is 55.5 Å². The van der Waals surface area contributed by atoms with Crippen LogP contribution in [-0.4, -0.2) is 111 Å². The molecule has 1 unspecified atom stereocenters. The molecule has 18 heteroatoms. The van der Waals surface area contributed by atoms with Crippen LogP contribution in [0.4, 0.5) is 14.6 Å². The Hall–Kier alpha value is -7.26. The molecule has 0 spiro atoms. The fourth-order valence-electron chi connectivity index (χ4n) is 10.0. The molecule has 3 saturated heterocycles. The van der Waals surface area contributed by atoms with Crippen LogP contribution < -0.4 is 25.6 Å². The highest BCUT2D eigenvalue weighted by atomic mass is 19.1. The van der Waals surface area contributed by atoms with Crippen molar-refractivity contribution in [2.24, 2.45) is 0 Å². The molecule has 0 bridgehead atoms. The van der Waals surface area contributed by atoms with Gasteiger partial charge in [0.05, 0.1) is 35.6 Å². The number of halogens is 2. The topological polar surface area (TPSA) is 194 Å². The van der Waals surface area contributed by atoms with Crippen molar-refractivity contribution in [1.82, 2.24) is 40.3 Å². The number of anilines is 1. The number of benzene rings is 2. The van der Waals surface area contributed by atoms with E-state index in [4.69, 9.17) is 9.72 Å². The highest BCUT2D eigenvalue weighted by Crippen LogP contribution is 2.35. The smallest absolute Gasteiger partial charge is 0.255 e. The van der Waals surface area contributed by atoms with Crippen molar-refractivity contribution >= 4 is 40.9 Å². The summed E-state index contributed by atoms with van der Waals surface area (Å²) in [5.41, 5.74) is 3.25. The van der Waals surface area contributed by atoms with Crippen LogP contribution >= 0.6 is 0 Å². The molecule has 0 saturated carbocycles. The molecule has 16 nitrogen and oxygen atoms in total. The van der Waals surface area contributed by atoms with E-state index < -0.39 is 46.5 Å². The fraction of sp³-hybridized carbons (Fsp3) is 0.400. The predicted octanol–water partition coefficient (Wildman–Crippen LogP) is 5.25. The first-order valence-corrected chi connectivity index (χ1v) is 23.2. The Morgan fingerprint density at radius 1 is 0.956 bits per heavy atom. The van der Waals surface area contributed by atoms with Crippen LogP contribution in [0.25, 0.3) is 16.6 Å². The Balaban J connectivity index is 0.790. The second kappa shape index (κ2) is 19.5. The molecule has 352 valence electrons. The highest BCUT2D eigenvalue weighted by Gasteiger charge is 2.44. The van der Waals surface area contributed by atoms with Gasteiger partial charge in [-0.05, 0) is 131 Å². The van der Waals surface area contributed by atoms with Crippen LogP contribution in [0.2, 0.25) is 0 Å². The Morgan fingerprint density at radius 2 is 1.76 bits per heavy atom. The molecule has 0 aliphatic carbocycles. The Kier molecular flexibility index (Phi) is 13.2. The van der Waals surface area contributed by atoms with Gasteiger partial charge in [-0.3, -0.25) is 29.3 Å². The lowest BCUT2D eigenvalue weighted by Crippen LogP contribution is -2.63. The minimum absolute atomic E-state index is 0.171. The number of piperidine rings is 3. The molecule has 4 aliphatic heterocycles. The van der Waals surface area contributed by atoms with E-state index in [1.165, 1.54) is 6.20 Å². The number of carbonyl (C=O) groups is 5. The molecule has 3 aromatic heterocycles. The lowest BCUT2D eigenvalue weighted by Gasteiger charge is -2.41. The summed E-state index contributed by atoms with van der Waals surface area (Å²) >= 11 is 0. The summed E-state index contributed by atoms with van der Waals surface area (Å²) in [6, 6.07) is 15.8. The number of hydrogen-bond donors (Lipinski definition) is 3. The number of pyridine rings is 2. The van der Waals surface area contributed by atoms with E-state index in [-0.39, 0.29) is 31.1 Å². The SMILES string of the molecule is CCOc1cc(-c2ccc(N3CCC(NC(=O)c4cc(F)ccc4F)(C(=O)NCCCCN4CCC(c5ccc6c(c5)C(=O)N(C5CCC(=O)NC5=O)C6)CC4)CC3)nc2)c2c(C#N)cnn2c1. The normalized spacial score (nSPS) is 18.6. The van der Waals surface area contributed by atoms with Crippen LogP contribution in [0.5, 0.6) is 5.75 Å². The maximum absolute atomic E-state index is 14.8. The minimum Gasteiger partial charge on any atom is -0.492 e. The molecular weight excluding hydrogens is 875 g/mol. The zero-order chi connectivity index (χ0) is 47.5. The van der Waals surface area contributed by atoms with Gasteiger partial charge in [0.2, 0.25) is 17.7 Å². The van der Waals surface area contributed by atoms with Crippen molar-refractivity contribution < 1.29 is 37.5 Å². The molecule has 9 rings (SSSR count). The van der Waals surface area contributed by atoms with E-state index in [9.17, 15) is 38.0 Å². The summed E-state index contributed by atoms with van der Waals surface area (Å²) in [4.78, 5) is 75.9. The lowest BCUT2D eigenvalue weighted by atomic mass is 9.85. The molecule has 0 radical (unpaired) electrons. The van der Waals surface area contributed by atoms with Gasteiger partial charge in [-0.15, -0.1) is 0 Å². The van der Waals surface area contributed by atoms with Gasteiger partial charge in [-0.1, -0.05) is 12.1 Å². The van der Waals surface area contributed by atoms with E-state index in [1.807, 2.05) is 42.2 Å². The first kappa shape index (κ1) is 45.9. The number of nitrogens with one attached hydrogen (secondary N) is 3. The van der Waals surface area contributed by atoms with E-state index >= 15 is 0 Å². The summed E-state index contributed by atoms with van der Waals surface area (Å²) in [7, 11) is 0. The van der Waals surface area contributed by atoms with Gasteiger partial charge in [0.1, 0.15) is 40.9 Å². The molecule has 4 aliphatic rings. The highest BCUT2D eigenvalue weighted by molar-refractivity contribution is 6.05. The molecule has 2 aromatic carbocycles. The van der Waals surface area contributed by atoms with Crippen LogP contribution in [0.1, 0.15) is 102 Å². The Morgan fingerprint density at radius 3 is 2.50 bits per heavy atom. The number of ether oxygens (including phenoxy) is 1. The maximum atomic E-state index is 14.8. The third-order valence-corrected chi connectivity index (χ3v) is 13.8. The van der Waals surface area contributed by atoms with Crippen molar-refractivity contribution in [3.05, 3.63) is 113 Å². The molecule has 3 fully saturated rings. The molecular formula is C50H52F2N10O6.